The van der Waals surface area contributed by atoms with Crippen molar-refractivity contribution in [3.8, 4) is 0 Å². The van der Waals surface area contributed by atoms with Gasteiger partial charge in [-0.05, 0) is 54.7 Å². The number of hydrogen-bond donors (Lipinski definition) is 0. The molecule has 1 aliphatic rings. The summed E-state index contributed by atoms with van der Waals surface area (Å²) >= 11 is 0. The standard InChI is InChI=1S/C26H24F2N2O2/c1-17(31)21-5-2-18(3-6-21)12-26(32)22-10-20(13-29-14-22)16-30(23-7-8-23)15-19-4-9-24(27)25(28)11-19/h2-6,9-11,13-14,23H,7-8,12,15-16H2,1H3. The molecule has 4 rings (SSSR count). The van der Waals surface area contributed by atoms with Gasteiger partial charge in [0.2, 0.25) is 0 Å². The molecule has 6 heteroatoms. The van der Waals surface area contributed by atoms with E-state index >= 15 is 0 Å². The molecule has 0 radical (unpaired) electrons. The van der Waals surface area contributed by atoms with Crippen molar-refractivity contribution < 1.29 is 18.4 Å². The van der Waals surface area contributed by atoms with E-state index in [0.717, 1.165) is 30.0 Å². The van der Waals surface area contributed by atoms with E-state index < -0.39 is 11.6 Å². The normalized spacial score (nSPS) is 13.4. The lowest BCUT2D eigenvalue weighted by atomic mass is 10.0. The third-order valence-electron chi connectivity index (χ3n) is 5.66. The summed E-state index contributed by atoms with van der Waals surface area (Å²) in [4.78, 5) is 30.6. The molecule has 0 bridgehead atoms. The van der Waals surface area contributed by atoms with Crippen LogP contribution < -0.4 is 0 Å². The Labute approximate surface area is 185 Å². The van der Waals surface area contributed by atoms with E-state index in [4.69, 9.17) is 0 Å². The molecule has 32 heavy (non-hydrogen) atoms. The summed E-state index contributed by atoms with van der Waals surface area (Å²) in [5, 5.41) is 0. The number of carbonyl (C=O) groups is 2. The largest absolute Gasteiger partial charge is 0.295 e. The van der Waals surface area contributed by atoms with Crippen molar-refractivity contribution in [2.24, 2.45) is 0 Å². The summed E-state index contributed by atoms with van der Waals surface area (Å²) < 4.78 is 26.8. The lowest BCUT2D eigenvalue weighted by Gasteiger charge is -2.22. The quantitative estimate of drug-likeness (QED) is 0.437. The summed E-state index contributed by atoms with van der Waals surface area (Å²) in [6, 6.07) is 13.3. The first-order valence-electron chi connectivity index (χ1n) is 10.6. The van der Waals surface area contributed by atoms with Crippen LogP contribution in [-0.4, -0.2) is 27.5 Å². The van der Waals surface area contributed by atoms with Gasteiger partial charge in [0.05, 0.1) is 0 Å². The zero-order valence-corrected chi connectivity index (χ0v) is 17.9. The number of rotatable bonds is 9. The lowest BCUT2D eigenvalue weighted by molar-refractivity contribution is 0.0990. The van der Waals surface area contributed by atoms with Crippen molar-refractivity contribution in [2.75, 3.05) is 0 Å². The predicted molar refractivity (Wildman–Crippen MR) is 117 cm³/mol. The minimum atomic E-state index is -0.849. The van der Waals surface area contributed by atoms with Crippen LogP contribution in [0.25, 0.3) is 0 Å². The topological polar surface area (TPSA) is 50.3 Å². The van der Waals surface area contributed by atoms with Gasteiger partial charge in [-0.2, -0.15) is 0 Å². The summed E-state index contributed by atoms with van der Waals surface area (Å²) in [6.45, 7) is 2.59. The van der Waals surface area contributed by atoms with Crippen LogP contribution in [-0.2, 0) is 19.5 Å². The molecule has 0 amide bonds. The molecule has 0 N–H and O–H groups in total. The van der Waals surface area contributed by atoms with Crippen LogP contribution in [0.15, 0.2) is 60.9 Å². The second kappa shape index (κ2) is 9.49. The summed E-state index contributed by atoms with van der Waals surface area (Å²) in [5.74, 6) is -1.75. The number of carbonyl (C=O) groups excluding carboxylic acids is 2. The van der Waals surface area contributed by atoms with E-state index in [2.05, 4.69) is 9.88 Å². The third-order valence-corrected chi connectivity index (χ3v) is 5.66. The third kappa shape index (κ3) is 5.51. The number of aromatic nitrogens is 1. The van der Waals surface area contributed by atoms with Gasteiger partial charge in [-0.3, -0.25) is 19.5 Å². The highest BCUT2D eigenvalue weighted by Crippen LogP contribution is 2.30. The van der Waals surface area contributed by atoms with E-state index in [1.54, 1.807) is 42.7 Å². The number of nitrogens with zero attached hydrogens (tertiary/aromatic N) is 2. The fourth-order valence-corrected chi connectivity index (χ4v) is 3.73. The Hall–Kier alpha value is -3.25. The predicted octanol–water partition coefficient (Wildman–Crippen LogP) is 5.15. The fourth-order valence-electron chi connectivity index (χ4n) is 3.73. The first-order valence-corrected chi connectivity index (χ1v) is 10.6. The monoisotopic (exact) mass is 434 g/mol. The Kier molecular flexibility index (Phi) is 6.51. The fraction of sp³-hybridized carbons (Fsp3) is 0.269. The van der Waals surface area contributed by atoms with Crippen molar-refractivity contribution in [2.45, 2.75) is 45.3 Å². The molecule has 164 valence electrons. The highest BCUT2D eigenvalue weighted by atomic mass is 19.2. The van der Waals surface area contributed by atoms with E-state index in [-0.39, 0.29) is 18.0 Å². The number of hydrogen-bond acceptors (Lipinski definition) is 4. The summed E-state index contributed by atoms with van der Waals surface area (Å²) in [7, 11) is 0. The van der Waals surface area contributed by atoms with Crippen LogP contribution in [0.1, 0.15) is 57.2 Å². The molecule has 0 unspecified atom stereocenters. The van der Waals surface area contributed by atoms with Gasteiger partial charge in [-0.15, -0.1) is 0 Å². The Morgan fingerprint density at radius 2 is 1.56 bits per heavy atom. The van der Waals surface area contributed by atoms with Gasteiger partial charge < -0.3 is 0 Å². The van der Waals surface area contributed by atoms with E-state index in [0.29, 0.717) is 35.8 Å². The number of benzene rings is 2. The molecule has 1 aromatic heterocycles. The van der Waals surface area contributed by atoms with Crippen molar-refractivity contribution >= 4 is 11.6 Å². The van der Waals surface area contributed by atoms with Gasteiger partial charge in [0, 0.05) is 49.1 Å². The van der Waals surface area contributed by atoms with Crippen LogP contribution in [0, 0.1) is 11.6 Å². The Morgan fingerprint density at radius 3 is 2.22 bits per heavy atom. The van der Waals surface area contributed by atoms with E-state index in [1.165, 1.54) is 13.0 Å². The summed E-state index contributed by atoms with van der Waals surface area (Å²) in [5.41, 5.74) is 3.60. The van der Waals surface area contributed by atoms with Crippen LogP contribution in [0.5, 0.6) is 0 Å². The van der Waals surface area contributed by atoms with E-state index in [1.807, 2.05) is 6.07 Å². The molecule has 3 aromatic rings. The molecule has 0 atom stereocenters. The zero-order valence-electron chi connectivity index (χ0n) is 17.9. The molecule has 0 spiro atoms. The molecule has 1 aliphatic carbocycles. The van der Waals surface area contributed by atoms with Gasteiger partial charge >= 0.3 is 0 Å². The van der Waals surface area contributed by atoms with Gasteiger partial charge in [0.1, 0.15) is 0 Å². The number of pyridine rings is 1. The van der Waals surface area contributed by atoms with Gasteiger partial charge in [-0.1, -0.05) is 30.3 Å². The highest BCUT2D eigenvalue weighted by molar-refractivity contribution is 5.98. The molecular formula is C26H24F2N2O2. The van der Waals surface area contributed by atoms with Crippen molar-refractivity contribution in [3.05, 3.63) is 100 Å². The molecule has 0 saturated heterocycles. The van der Waals surface area contributed by atoms with Gasteiger partial charge in [0.15, 0.2) is 23.2 Å². The smallest absolute Gasteiger partial charge is 0.168 e. The van der Waals surface area contributed by atoms with E-state index in [9.17, 15) is 18.4 Å². The maximum Gasteiger partial charge on any atom is 0.168 e. The molecular weight excluding hydrogens is 410 g/mol. The van der Waals surface area contributed by atoms with Crippen molar-refractivity contribution in [3.63, 3.8) is 0 Å². The zero-order chi connectivity index (χ0) is 22.7. The maximum absolute atomic E-state index is 13.6. The molecule has 4 nitrogen and oxygen atoms in total. The number of Topliss-reactive ketones (excluding diaryl/α,β-unsaturated/α-hetero) is 2. The van der Waals surface area contributed by atoms with Gasteiger partial charge in [-0.25, -0.2) is 8.78 Å². The summed E-state index contributed by atoms with van der Waals surface area (Å²) in [6.07, 6.45) is 5.65. The minimum absolute atomic E-state index is 0.0108. The Morgan fingerprint density at radius 1 is 0.875 bits per heavy atom. The molecule has 1 fully saturated rings. The minimum Gasteiger partial charge on any atom is -0.295 e. The first-order chi connectivity index (χ1) is 15.4. The average Bonchev–Trinajstić information content (AvgIpc) is 3.62. The van der Waals surface area contributed by atoms with Crippen LogP contribution in [0.3, 0.4) is 0 Å². The van der Waals surface area contributed by atoms with Crippen molar-refractivity contribution in [1.29, 1.82) is 0 Å². The molecule has 2 aromatic carbocycles. The van der Waals surface area contributed by atoms with Crippen molar-refractivity contribution in [1.82, 2.24) is 9.88 Å². The second-order valence-corrected chi connectivity index (χ2v) is 8.32. The van der Waals surface area contributed by atoms with Crippen LogP contribution in [0.2, 0.25) is 0 Å². The average molecular weight is 434 g/mol. The Bertz CT molecular complexity index is 1140. The molecule has 1 heterocycles. The Balaban J connectivity index is 1.44. The first kappa shape index (κ1) is 22.0. The number of halogens is 2. The highest BCUT2D eigenvalue weighted by Gasteiger charge is 2.29. The van der Waals surface area contributed by atoms with Crippen LogP contribution in [0.4, 0.5) is 8.78 Å². The van der Waals surface area contributed by atoms with Crippen LogP contribution >= 0.6 is 0 Å². The molecule has 1 saturated carbocycles. The number of ketones is 2. The lowest BCUT2D eigenvalue weighted by Crippen LogP contribution is -2.25. The van der Waals surface area contributed by atoms with Gasteiger partial charge in [0.25, 0.3) is 0 Å². The maximum atomic E-state index is 13.6. The second-order valence-electron chi connectivity index (χ2n) is 8.32. The SMILES string of the molecule is CC(=O)c1ccc(CC(=O)c2cncc(CN(Cc3ccc(F)c(F)c3)C3CC3)c2)cc1. The molecule has 0 aliphatic heterocycles.